The van der Waals surface area contributed by atoms with Crippen LogP contribution in [0.1, 0.15) is 153 Å². The lowest BCUT2D eigenvalue weighted by Gasteiger charge is -2.33. The summed E-state index contributed by atoms with van der Waals surface area (Å²) in [5.74, 6) is 5.29. The highest BCUT2D eigenvalue weighted by Crippen LogP contribution is 2.42. The van der Waals surface area contributed by atoms with Gasteiger partial charge in [0.15, 0.2) is 0 Å². The first-order valence-electron chi connectivity index (χ1n) is 32.1. The van der Waals surface area contributed by atoms with Crippen LogP contribution in [-0.4, -0.2) is 166 Å². The molecule has 0 bridgehead atoms. The SMILES string of the molecule is CC1=C(/C=C/C(C)=C/C=C/C(C)=C/C(=O)NCCCC[C@@H](C(=O)NCCCOCCOCCOCCCNC(=O)CCOCCOCCOCCOCCOCCC=O)N(N)C(=O)/C=C(C)/C=C/C=C(C)/C=C/C2=C(C)CCCC2(C)C)C(C)(C)CCC1. The second-order valence-corrected chi connectivity index (χ2v) is 23.8. The van der Waals surface area contributed by atoms with Crippen molar-refractivity contribution in [3.05, 3.63) is 117 Å². The minimum Gasteiger partial charge on any atom is -0.379 e. The standard InChI is InChI=1S/C70H113N5O13/c1-56(27-29-62-60(5)24-15-32-69(62,7)8)20-13-22-58(3)54-66(78)73-34-12-11-26-64(75(71)67(79)55-59(4)23-14-21-57(2)28-30-63-61(6)25-16-33-70(63,9)10)68(80)74-36-18-39-82-43-47-85-46-42-81-38-17-35-72-65(77)31-41-84-45-49-87-51-53-88-52-50-86-48-44-83-40-19-37-76/h13-14,20-23,27-30,37,54-55,64H,11-12,15-19,24-26,31-36,38-53,71H2,1-10H3,(H,72,77)(H,73,78)(H,74,80)/b22-13+,23-14+,29-27+,30-28+,56-20+,57-21+,58-54+,59-55+/t64-/m0/s1. The van der Waals surface area contributed by atoms with E-state index >= 15 is 0 Å². The summed E-state index contributed by atoms with van der Waals surface area (Å²) < 4.78 is 44.0. The molecule has 0 fully saturated rings. The fourth-order valence-corrected chi connectivity index (χ4v) is 9.93. The Morgan fingerprint density at radius 3 is 1.41 bits per heavy atom. The third kappa shape index (κ3) is 38.2. The average molecular weight is 1230 g/mol. The summed E-state index contributed by atoms with van der Waals surface area (Å²) in [6.45, 7) is 29.4. The van der Waals surface area contributed by atoms with Gasteiger partial charge in [0, 0.05) is 57.8 Å². The fourth-order valence-electron chi connectivity index (χ4n) is 9.93. The molecule has 0 unspecified atom stereocenters. The zero-order valence-corrected chi connectivity index (χ0v) is 55.5. The number of nitrogens with zero attached hydrogens (tertiary/aromatic N) is 1. The molecule has 0 aromatic carbocycles. The van der Waals surface area contributed by atoms with Gasteiger partial charge in [-0.15, -0.1) is 0 Å². The number of carbonyl (C=O) groups excluding carboxylic acids is 5. The Morgan fingerprint density at radius 2 is 0.943 bits per heavy atom. The van der Waals surface area contributed by atoms with Crippen molar-refractivity contribution < 1.29 is 61.9 Å². The Hall–Kier alpha value is -5.41. The molecule has 0 heterocycles. The van der Waals surface area contributed by atoms with Gasteiger partial charge in [0.05, 0.1) is 92.5 Å². The summed E-state index contributed by atoms with van der Waals surface area (Å²) >= 11 is 0. The van der Waals surface area contributed by atoms with Crippen LogP contribution in [0.4, 0.5) is 0 Å². The maximum absolute atomic E-state index is 13.7. The predicted octanol–water partition coefficient (Wildman–Crippen LogP) is 10.5. The van der Waals surface area contributed by atoms with E-state index in [-0.39, 0.29) is 35.0 Å². The highest BCUT2D eigenvalue weighted by molar-refractivity contribution is 5.93. The highest BCUT2D eigenvalue weighted by atomic mass is 16.6. The molecule has 0 aromatic heterocycles. The second kappa shape index (κ2) is 48.4. The Labute approximate surface area is 528 Å². The van der Waals surface area contributed by atoms with Crippen LogP contribution < -0.4 is 21.8 Å². The molecule has 0 aromatic rings. The lowest BCUT2D eigenvalue weighted by atomic mass is 9.72. The third-order valence-electron chi connectivity index (χ3n) is 15.0. The summed E-state index contributed by atoms with van der Waals surface area (Å²) in [4.78, 5) is 62.4. The van der Waals surface area contributed by atoms with E-state index in [1.807, 2.05) is 50.3 Å². The van der Waals surface area contributed by atoms with Crippen molar-refractivity contribution >= 4 is 29.9 Å². The van der Waals surface area contributed by atoms with E-state index in [1.165, 1.54) is 54.1 Å². The fraction of sp³-hybridized carbons (Fsp3) is 0.643. The van der Waals surface area contributed by atoms with Crippen LogP contribution in [0.3, 0.4) is 0 Å². The van der Waals surface area contributed by atoms with E-state index in [2.05, 4.69) is 95.6 Å². The number of unbranched alkanes of at least 4 members (excludes halogenated alkanes) is 1. The van der Waals surface area contributed by atoms with Crippen molar-refractivity contribution in [2.75, 3.05) is 125 Å². The third-order valence-corrected chi connectivity index (χ3v) is 15.0. The molecule has 4 amide bonds. The van der Waals surface area contributed by atoms with Gasteiger partial charge in [0.2, 0.25) is 17.7 Å². The number of amides is 4. The summed E-state index contributed by atoms with van der Waals surface area (Å²) in [7, 11) is 0. The number of hydrogen-bond donors (Lipinski definition) is 4. The molecular weight excluding hydrogens is 1120 g/mol. The van der Waals surface area contributed by atoms with Gasteiger partial charge in [-0.1, -0.05) is 111 Å². The van der Waals surface area contributed by atoms with Crippen LogP contribution in [0.2, 0.25) is 0 Å². The van der Waals surface area contributed by atoms with Gasteiger partial charge in [-0.2, -0.15) is 0 Å². The van der Waals surface area contributed by atoms with Crippen molar-refractivity contribution in [2.45, 2.75) is 159 Å². The van der Waals surface area contributed by atoms with E-state index in [1.54, 1.807) is 6.08 Å². The highest BCUT2D eigenvalue weighted by Gasteiger charge is 2.28. The number of rotatable bonds is 49. The molecule has 88 heavy (non-hydrogen) atoms. The normalized spacial score (nSPS) is 16.4. The van der Waals surface area contributed by atoms with Gasteiger partial charge < -0.3 is 58.6 Å². The zero-order chi connectivity index (χ0) is 64.7. The van der Waals surface area contributed by atoms with Crippen LogP contribution in [0, 0.1) is 10.8 Å². The predicted molar refractivity (Wildman–Crippen MR) is 351 cm³/mol. The van der Waals surface area contributed by atoms with Gasteiger partial charge >= 0.3 is 0 Å². The molecular formula is C70H113N5O13. The van der Waals surface area contributed by atoms with Gasteiger partial charge in [0.1, 0.15) is 12.3 Å². The average Bonchev–Trinajstić information content (AvgIpc) is 3.65. The molecule has 18 nitrogen and oxygen atoms in total. The number of allylic oxidation sites excluding steroid dienone is 18. The van der Waals surface area contributed by atoms with Crippen molar-refractivity contribution in [3.63, 3.8) is 0 Å². The smallest absolute Gasteiger partial charge is 0.261 e. The molecule has 0 spiro atoms. The summed E-state index contributed by atoms with van der Waals surface area (Å²) in [5.41, 5.74) is 9.79. The van der Waals surface area contributed by atoms with Gasteiger partial charge in [-0.05, 0) is 145 Å². The molecule has 496 valence electrons. The van der Waals surface area contributed by atoms with Crippen LogP contribution in [0.15, 0.2) is 117 Å². The minimum atomic E-state index is -0.938. The van der Waals surface area contributed by atoms with Gasteiger partial charge in [0.25, 0.3) is 5.91 Å². The molecule has 0 saturated carbocycles. The lowest BCUT2D eigenvalue weighted by molar-refractivity contribution is -0.137. The van der Waals surface area contributed by atoms with Crippen molar-refractivity contribution in [3.8, 4) is 0 Å². The number of hydrazine groups is 1. The number of aldehydes is 1. The van der Waals surface area contributed by atoms with Gasteiger partial charge in [-0.3, -0.25) is 24.2 Å². The topological polar surface area (TPSA) is 225 Å². The number of nitrogens with one attached hydrogen (secondary N) is 3. The first-order chi connectivity index (χ1) is 42.3. The molecule has 1 atom stereocenters. The quantitative estimate of drug-likeness (QED) is 0.00846. The molecule has 5 N–H and O–H groups in total. The van der Waals surface area contributed by atoms with E-state index in [4.69, 9.17) is 43.7 Å². The maximum Gasteiger partial charge on any atom is 0.261 e. The molecule has 2 rings (SSSR count). The zero-order valence-electron chi connectivity index (χ0n) is 55.5. The largest absolute Gasteiger partial charge is 0.379 e. The summed E-state index contributed by atoms with van der Waals surface area (Å²) in [6.07, 6.45) is 34.7. The lowest BCUT2D eigenvalue weighted by Crippen LogP contribution is -2.53. The van der Waals surface area contributed by atoms with Crippen LogP contribution >= 0.6 is 0 Å². The molecule has 0 saturated heterocycles. The maximum atomic E-state index is 13.7. The number of nitrogens with two attached hydrogens (primary N) is 1. The second-order valence-electron chi connectivity index (χ2n) is 23.8. The van der Waals surface area contributed by atoms with Crippen LogP contribution in [0.5, 0.6) is 0 Å². The Bertz CT molecular complexity index is 2380. The molecule has 0 aliphatic heterocycles. The Kier molecular flexibility index (Phi) is 43.3. The molecule has 2 aliphatic rings. The Balaban J connectivity index is 1.72. The van der Waals surface area contributed by atoms with Crippen molar-refractivity contribution in [2.24, 2.45) is 16.7 Å². The number of carbonyl (C=O) groups is 5. The van der Waals surface area contributed by atoms with E-state index in [0.29, 0.717) is 169 Å². The summed E-state index contributed by atoms with van der Waals surface area (Å²) in [6, 6.07) is -0.938. The van der Waals surface area contributed by atoms with E-state index in [0.717, 1.165) is 40.9 Å². The molecule has 0 radical (unpaired) electrons. The number of hydrogen-bond acceptors (Lipinski definition) is 14. The van der Waals surface area contributed by atoms with E-state index < -0.39 is 11.9 Å². The van der Waals surface area contributed by atoms with Crippen LogP contribution in [0.25, 0.3) is 0 Å². The molecule has 18 heteroatoms. The van der Waals surface area contributed by atoms with Crippen molar-refractivity contribution in [1.82, 2.24) is 21.0 Å². The number of ether oxygens (including phenoxy) is 8. The molecule has 2 aliphatic carbocycles. The summed E-state index contributed by atoms with van der Waals surface area (Å²) in [5, 5.41) is 9.75. The monoisotopic (exact) mass is 1230 g/mol. The first-order valence-corrected chi connectivity index (χ1v) is 32.1. The van der Waals surface area contributed by atoms with Crippen LogP contribution in [-0.2, 0) is 61.9 Å². The Morgan fingerprint density at radius 1 is 0.523 bits per heavy atom. The first kappa shape index (κ1) is 78.7. The van der Waals surface area contributed by atoms with Gasteiger partial charge in [-0.25, -0.2) is 5.84 Å². The minimum absolute atomic E-state index is 0.0892. The van der Waals surface area contributed by atoms with Crippen molar-refractivity contribution in [1.29, 1.82) is 0 Å². The van der Waals surface area contributed by atoms with E-state index in [9.17, 15) is 24.0 Å².